The molecular formula is C15H23NO. The van der Waals surface area contributed by atoms with Gasteiger partial charge in [0.1, 0.15) is 0 Å². The Bertz CT molecular complexity index is 354. The maximum Gasteiger partial charge on any atom is 0.0588 e. The Morgan fingerprint density at radius 2 is 1.94 bits per heavy atom. The van der Waals surface area contributed by atoms with E-state index in [1.807, 2.05) is 0 Å². The van der Waals surface area contributed by atoms with E-state index in [0.29, 0.717) is 5.92 Å². The van der Waals surface area contributed by atoms with Crippen LogP contribution in [-0.4, -0.2) is 19.8 Å². The molecule has 0 spiro atoms. The predicted molar refractivity (Wildman–Crippen MR) is 71.2 cm³/mol. The van der Waals surface area contributed by atoms with Gasteiger partial charge in [0.05, 0.1) is 13.2 Å². The molecule has 2 nitrogen and oxygen atoms in total. The van der Waals surface area contributed by atoms with Crippen LogP contribution in [0, 0.1) is 5.92 Å². The summed E-state index contributed by atoms with van der Waals surface area (Å²) in [6.45, 7) is 6.94. The Balaban J connectivity index is 2.21. The quantitative estimate of drug-likeness (QED) is 0.848. The molecule has 17 heavy (non-hydrogen) atoms. The van der Waals surface area contributed by atoms with Crippen LogP contribution in [0.4, 0.5) is 0 Å². The molecule has 1 saturated heterocycles. The van der Waals surface area contributed by atoms with Crippen molar-refractivity contribution >= 4 is 0 Å². The highest BCUT2D eigenvalue weighted by Crippen LogP contribution is 2.40. The SMILES string of the molecule is CCc1ccc(C2(C(C)CCN)COC2)cc1. The summed E-state index contributed by atoms with van der Waals surface area (Å²) < 4.78 is 5.48. The second kappa shape index (κ2) is 5.19. The lowest BCUT2D eigenvalue weighted by molar-refractivity contribution is -0.0883. The van der Waals surface area contributed by atoms with Crippen molar-refractivity contribution in [3.63, 3.8) is 0 Å². The zero-order chi connectivity index (χ0) is 12.3. The number of benzene rings is 1. The second-order valence-electron chi connectivity index (χ2n) is 5.18. The molecule has 1 atom stereocenters. The van der Waals surface area contributed by atoms with Crippen molar-refractivity contribution in [1.82, 2.24) is 0 Å². The number of hydrogen-bond donors (Lipinski definition) is 1. The zero-order valence-electron chi connectivity index (χ0n) is 10.9. The Morgan fingerprint density at radius 1 is 1.29 bits per heavy atom. The average Bonchev–Trinajstić information content (AvgIpc) is 2.29. The number of nitrogens with two attached hydrogens (primary N) is 1. The molecule has 1 aromatic rings. The van der Waals surface area contributed by atoms with Gasteiger partial charge in [-0.25, -0.2) is 0 Å². The highest BCUT2D eigenvalue weighted by molar-refractivity contribution is 5.32. The van der Waals surface area contributed by atoms with Crippen LogP contribution in [-0.2, 0) is 16.6 Å². The fraction of sp³-hybridized carbons (Fsp3) is 0.600. The van der Waals surface area contributed by atoms with Gasteiger partial charge in [-0.3, -0.25) is 0 Å². The molecule has 1 heterocycles. The van der Waals surface area contributed by atoms with E-state index in [-0.39, 0.29) is 5.41 Å². The molecule has 0 aliphatic carbocycles. The largest absolute Gasteiger partial charge is 0.379 e. The number of ether oxygens (including phenoxy) is 1. The lowest BCUT2D eigenvalue weighted by atomic mass is 9.68. The van der Waals surface area contributed by atoms with Crippen LogP contribution in [0.15, 0.2) is 24.3 Å². The summed E-state index contributed by atoms with van der Waals surface area (Å²) in [4.78, 5) is 0. The fourth-order valence-corrected chi connectivity index (χ4v) is 2.66. The van der Waals surface area contributed by atoms with E-state index in [1.54, 1.807) is 0 Å². The maximum absolute atomic E-state index is 5.69. The summed E-state index contributed by atoms with van der Waals surface area (Å²) in [6.07, 6.45) is 2.17. The Kier molecular flexibility index (Phi) is 3.85. The summed E-state index contributed by atoms with van der Waals surface area (Å²) >= 11 is 0. The fourth-order valence-electron chi connectivity index (χ4n) is 2.66. The normalized spacial score (nSPS) is 19.7. The molecule has 2 heteroatoms. The van der Waals surface area contributed by atoms with Crippen molar-refractivity contribution in [2.24, 2.45) is 11.7 Å². The topological polar surface area (TPSA) is 35.2 Å². The van der Waals surface area contributed by atoms with Crippen LogP contribution in [0.1, 0.15) is 31.4 Å². The van der Waals surface area contributed by atoms with Gasteiger partial charge in [-0.2, -0.15) is 0 Å². The third kappa shape index (κ3) is 2.24. The lowest BCUT2D eigenvalue weighted by Crippen LogP contribution is -2.52. The van der Waals surface area contributed by atoms with Gasteiger partial charge in [0.25, 0.3) is 0 Å². The van der Waals surface area contributed by atoms with E-state index in [9.17, 15) is 0 Å². The molecule has 2 rings (SSSR count). The van der Waals surface area contributed by atoms with Gasteiger partial charge in [0, 0.05) is 5.41 Å². The van der Waals surface area contributed by atoms with Crippen LogP contribution < -0.4 is 5.73 Å². The molecule has 0 amide bonds. The Morgan fingerprint density at radius 3 is 2.35 bits per heavy atom. The molecule has 1 fully saturated rings. The predicted octanol–water partition coefficient (Wildman–Crippen LogP) is 2.50. The van der Waals surface area contributed by atoms with E-state index >= 15 is 0 Å². The molecule has 0 aromatic heterocycles. The van der Waals surface area contributed by atoms with Crippen LogP contribution >= 0.6 is 0 Å². The molecular weight excluding hydrogens is 210 g/mol. The van der Waals surface area contributed by atoms with Gasteiger partial charge in [0.2, 0.25) is 0 Å². The van der Waals surface area contributed by atoms with E-state index in [4.69, 9.17) is 10.5 Å². The highest BCUT2D eigenvalue weighted by atomic mass is 16.5. The molecule has 1 aliphatic heterocycles. The molecule has 2 N–H and O–H groups in total. The van der Waals surface area contributed by atoms with Crippen LogP contribution in [0.25, 0.3) is 0 Å². The number of aryl methyl sites for hydroxylation is 1. The van der Waals surface area contributed by atoms with Gasteiger partial charge in [0.15, 0.2) is 0 Å². The first-order valence-corrected chi connectivity index (χ1v) is 6.60. The van der Waals surface area contributed by atoms with Gasteiger partial charge in [-0.15, -0.1) is 0 Å². The standard InChI is InChI=1S/C15H23NO/c1-3-13-4-6-14(7-5-13)15(10-17-11-15)12(2)8-9-16/h4-7,12H,3,8-11,16H2,1-2H3. The Labute approximate surface area is 104 Å². The summed E-state index contributed by atoms with van der Waals surface area (Å²) in [7, 11) is 0. The minimum absolute atomic E-state index is 0.214. The average molecular weight is 233 g/mol. The molecule has 1 aliphatic rings. The summed E-state index contributed by atoms with van der Waals surface area (Å²) in [6, 6.07) is 9.03. The first kappa shape index (κ1) is 12.6. The summed E-state index contributed by atoms with van der Waals surface area (Å²) in [5, 5.41) is 0. The van der Waals surface area contributed by atoms with E-state index in [1.165, 1.54) is 11.1 Å². The van der Waals surface area contributed by atoms with Crippen LogP contribution in [0.3, 0.4) is 0 Å². The molecule has 94 valence electrons. The van der Waals surface area contributed by atoms with E-state index in [2.05, 4.69) is 38.1 Å². The molecule has 0 radical (unpaired) electrons. The molecule has 0 saturated carbocycles. The third-order valence-corrected chi connectivity index (χ3v) is 4.20. The monoisotopic (exact) mass is 233 g/mol. The van der Waals surface area contributed by atoms with Crippen LogP contribution in [0.5, 0.6) is 0 Å². The van der Waals surface area contributed by atoms with Crippen molar-refractivity contribution in [2.75, 3.05) is 19.8 Å². The minimum Gasteiger partial charge on any atom is -0.379 e. The molecule has 1 aromatic carbocycles. The van der Waals surface area contributed by atoms with Crippen molar-refractivity contribution in [1.29, 1.82) is 0 Å². The lowest BCUT2D eigenvalue weighted by Gasteiger charge is -2.46. The van der Waals surface area contributed by atoms with Gasteiger partial charge < -0.3 is 10.5 Å². The highest BCUT2D eigenvalue weighted by Gasteiger charge is 2.44. The Hall–Kier alpha value is -0.860. The van der Waals surface area contributed by atoms with Gasteiger partial charge in [-0.05, 0) is 36.4 Å². The van der Waals surface area contributed by atoms with Crippen molar-refractivity contribution in [2.45, 2.75) is 32.1 Å². The second-order valence-corrected chi connectivity index (χ2v) is 5.18. The molecule has 1 unspecified atom stereocenters. The van der Waals surface area contributed by atoms with Crippen molar-refractivity contribution < 1.29 is 4.74 Å². The number of rotatable bonds is 5. The van der Waals surface area contributed by atoms with Gasteiger partial charge >= 0.3 is 0 Å². The minimum atomic E-state index is 0.214. The smallest absolute Gasteiger partial charge is 0.0588 e. The van der Waals surface area contributed by atoms with Crippen molar-refractivity contribution in [3.8, 4) is 0 Å². The van der Waals surface area contributed by atoms with Crippen molar-refractivity contribution in [3.05, 3.63) is 35.4 Å². The third-order valence-electron chi connectivity index (χ3n) is 4.20. The first-order valence-electron chi connectivity index (χ1n) is 6.60. The summed E-state index contributed by atoms with van der Waals surface area (Å²) in [5.74, 6) is 0.591. The zero-order valence-corrected chi connectivity index (χ0v) is 10.9. The first-order chi connectivity index (χ1) is 8.23. The van der Waals surface area contributed by atoms with E-state index in [0.717, 1.165) is 32.6 Å². The number of hydrogen-bond acceptors (Lipinski definition) is 2. The van der Waals surface area contributed by atoms with Crippen LogP contribution in [0.2, 0.25) is 0 Å². The molecule has 0 bridgehead atoms. The summed E-state index contributed by atoms with van der Waals surface area (Å²) in [5.41, 5.74) is 8.72. The van der Waals surface area contributed by atoms with E-state index < -0.39 is 0 Å². The maximum atomic E-state index is 5.69. The van der Waals surface area contributed by atoms with Gasteiger partial charge in [-0.1, -0.05) is 38.1 Å².